The summed E-state index contributed by atoms with van der Waals surface area (Å²) in [5.74, 6) is 0.658. The van der Waals surface area contributed by atoms with E-state index in [-0.39, 0.29) is 6.61 Å². The lowest BCUT2D eigenvalue weighted by Gasteiger charge is -2.02. The van der Waals surface area contributed by atoms with E-state index in [1.807, 2.05) is 30.7 Å². The number of hydrogen-bond donors (Lipinski definition) is 1. The summed E-state index contributed by atoms with van der Waals surface area (Å²) < 4.78 is 1.87. The van der Waals surface area contributed by atoms with E-state index in [0.29, 0.717) is 5.82 Å². The van der Waals surface area contributed by atoms with Gasteiger partial charge in [0, 0.05) is 12.1 Å². The van der Waals surface area contributed by atoms with Gasteiger partial charge in [0.15, 0.2) is 0 Å². The Morgan fingerprint density at radius 1 is 1.50 bits per heavy atom. The summed E-state index contributed by atoms with van der Waals surface area (Å²) >= 11 is 6.01. The number of rotatable bonds is 1. The van der Waals surface area contributed by atoms with Crippen LogP contribution in [0.5, 0.6) is 0 Å². The summed E-state index contributed by atoms with van der Waals surface area (Å²) in [6.07, 6.45) is 0. The third-order valence-electron chi connectivity index (χ3n) is 2.46. The van der Waals surface area contributed by atoms with Gasteiger partial charge >= 0.3 is 0 Å². The molecule has 1 N–H and O–H groups in total. The van der Waals surface area contributed by atoms with E-state index in [2.05, 4.69) is 4.98 Å². The third kappa shape index (κ3) is 1.21. The van der Waals surface area contributed by atoms with E-state index >= 15 is 0 Å². The zero-order valence-corrected chi connectivity index (χ0v) is 8.84. The minimum absolute atomic E-state index is 0.0533. The molecule has 2 rings (SSSR count). The molecule has 0 aliphatic carbocycles. The number of nitrogens with zero attached hydrogens (tertiary/aromatic N) is 2. The van der Waals surface area contributed by atoms with E-state index in [1.165, 1.54) is 0 Å². The summed E-state index contributed by atoms with van der Waals surface area (Å²) in [6.45, 7) is 1.90. The Balaban J connectivity index is 2.87. The number of hydrogen-bond acceptors (Lipinski definition) is 2. The number of fused-ring (bicyclic) bond motifs is 1. The van der Waals surface area contributed by atoms with Gasteiger partial charge in [0.1, 0.15) is 12.4 Å². The molecule has 0 aliphatic rings. The van der Waals surface area contributed by atoms with Crippen LogP contribution in [-0.4, -0.2) is 14.7 Å². The van der Waals surface area contributed by atoms with Crippen LogP contribution in [0.15, 0.2) is 12.1 Å². The van der Waals surface area contributed by atoms with Crippen LogP contribution in [0.25, 0.3) is 11.0 Å². The molecular formula is C10H11ClN2O. The van der Waals surface area contributed by atoms with Crippen molar-refractivity contribution in [3.8, 4) is 0 Å². The van der Waals surface area contributed by atoms with Gasteiger partial charge in [-0.25, -0.2) is 4.98 Å². The first-order valence-electron chi connectivity index (χ1n) is 4.36. The molecule has 0 unspecified atom stereocenters. The Bertz CT molecular complexity index is 490. The maximum Gasteiger partial charge on any atom is 0.135 e. The predicted octanol–water partition coefficient (Wildman–Crippen LogP) is 2.03. The Labute approximate surface area is 86.9 Å². The lowest BCUT2D eigenvalue weighted by atomic mass is 10.2. The SMILES string of the molecule is Cc1c(Cl)ccc2nc(CO)n(C)c12. The van der Waals surface area contributed by atoms with Gasteiger partial charge in [-0.1, -0.05) is 11.6 Å². The van der Waals surface area contributed by atoms with Crippen LogP contribution in [0.2, 0.25) is 5.02 Å². The van der Waals surface area contributed by atoms with E-state index in [1.54, 1.807) is 0 Å². The third-order valence-corrected chi connectivity index (χ3v) is 2.87. The Hall–Kier alpha value is -1.06. The molecule has 3 nitrogen and oxygen atoms in total. The average Bonchev–Trinajstić information content (AvgIpc) is 2.50. The first-order valence-corrected chi connectivity index (χ1v) is 4.74. The standard InChI is InChI=1S/C10H11ClN2O/c1-6-7(11)3-4-8-10(6)13(2)9(5-14)12-8/h3-4,14H,5H2,1-2H3. The Morgan fingerprint density at radius 2 is 2.21 bits per heavy atom. The fraction of sp³-hybridized carbons (Fsp3) is 0.300. The molecule has 1 aromatic heterocycles. The highest BCUT2D eigenvalue weighted by atomic mass is 35.5. The fourth-order valence-corrected chi connectivity index (χ4v) is 1.81. The number of aromatic nitrogens is 2. The molecule has 0 aliphatic heterocycles. The molecule has 74 valence electrons. The molecule has 0 fully saturated rings. The van der Waals surface area contributed by atoms with Crippen LogP contribution < -0.4 is 0 Å². The van der Waals surface area contributed by atoms with Crippen molar-refractivity contribution >= 4 is 22.6 Å². The summed E-state index contributed by atoms with van der Waals surface area (Å²) in [6, 6.07) is 3.69. The monoisotopic (exact) mass is 210 g/mol. The molecular weight excluding hydrogens is 200 g/mol. The normalized spacial score (nSPS) is 11.1. The van der Waals surface area contributed by atoms with Gasteiger partial charge in [-0.2, -0.15) is 0 Å². The van der Waals surface area contributed by atoms with Crippen molar-refractivity contribution in [1.82, 2.24) is 9.55 Å². The van der Waals surface area contributed by atoms with Gasteiger partial charge in [-0.3, -0.25) is 0 Å². The maximum atomic E-state index is 9.06. The van der Waals surface area contributed by atoms with Gasteiger partial charge in [-0.05, 0) is 24.6 Å². The van der Waals surface area contributed by atoms with Crippen molar-refractivity contribution in [1.29, 1.82) is 0 Å². The van der Waals surface area contributed by atoms with Crippen molar-refractivity contribution in [2.24, 2.45) is 7.05 Å². The minimum Gasteiger partial charge on any atom is -0.388 e. The van der Waals surface area contributed by atoms with Crippen molar-refractivity contribution in [2.75, 3.05) is 0 Å². The lowest BCUT2D eigenvalue weighted by Crippen LogP contribution is -1.97. The van der Waals surface area contributed by atoms with Crippen LogP contribution in [-0.2, 0) is 13.7 Å². The minimum atomic E-state index is -0.0533. The molecule has 1 aromatic carbocycles. The molecule has 2 aromatic rings. The summed E-state index contributed by atoms with van der Waals surface area (Å²) in [7, 11) is 1.88. The van der Waals surface area contributed by atoms with E-state index in [0.717, 1.165) is 21.6 Å². The van der Waals surface area contributed by atoms with Crippen LogP contribution >= 0.6 is 11.6 Å². The van der Waals surface area contributed by atoms with Crippen molar-refractivity contribution in [3.63, 3.8) is 0 Å². The molecule has 0 amide bonds. The van der Waals surface area contributed by atoms with Crippen LogP contribution in [0.3, 0.4) is 0 Å². The smallest absolute Gasteiger partial charge is 0.135 e. The first kappa shape index (κ1) is 9.49. The van der Waals surface area contributed by atoms with Crippen LogP contribution in [0.4, 0.5) is 0 Å². The zero-order chi connectivity index (χ0) is 10.3. The summed E-state index contributed by atoms with van der Waals surface area (Å²) in [4.78, 5) is 4.29. The van der Waals surface area contributed by atoms with E-state index in [4.69, 9.17) is 16.7 Å². The molecule has 4 heteroatoms. The number of aryl methyl sites for hydroxylation is 2. The second-order valence-corrected chi connectivity index (χ2v) is 3.69. The Kier molecular flexibility index (Phi) is 2.21. The maximum absolute atomic E-state index is 9.06. The van der Waals surface area contributed by atoms with E-state index < -0.39 is 0 Å². The van der Waals surface area contributed by atoms with Gasteiger partial charge in [0.2, 0.25) is 0 Å². The lowest BCUT2D eigenvalue weighted by molar-refractivity contribution is 0.268. The van der Waals surface area contributed by atoms with Crippen LogP contribution in [0.1, 0.15) is 11.4 Å². The highest BCUT2D eigenvalue weighted by Gasteiger charge is 2.10. The molecule has 0 atom stereocenters. The van der Waals surface area contributed by atoms with Gasteiger partial charge < -0.3 is 9.67 Å². The topological polar surface area (TPSA) is 38.1 Å². The first-order chi connectivity index (χ1) is 6.65. The summed E-state index contributed by atoms with van der Waals surface area (Å²) in [5.41, 5.74) is 2.86. The number of imidazole rings is 1. The largest absolute Gasteiger partial charge is 0.388 e. The van der Waals surface area contributed by atoms with Gasteiger partial charge in [0.25, 0.3) is 0 Å². The molecule has 14 heavy (non-hydrogen) atoms. The van der Waals surface area contributed by atoms with Crippen molar-refractivity contribution in [3.05, 3.63) is 28.5 Å². The number of aliphatic hydroxyl groups is 1. The molecule has 0 saturated carbocycles. The highest BCUT2D eigenvalue weighted by Crippen LogP contribution is 2.25. The second kappa shape index (κ2) is 3.26. The molecule has 0 bridgehead atoms. The predicted molar refractivity (Wildman–Crippen MR) is 56.4 cm³/mol. The average molecular weight is 211 g/mol. The van der Waals surface area contributed by atoms with Gasteiger partial charge in [0.05, 0.1) is 11.0 Å². The molecule has 0 saturated heterocycles. The van der Waals surface area contributed by atoms with E-state index in [9.17, 15) is 0 Å². The zero-order valence-electron chi connectivity index (χ0n) is 8.08. The molecule has 0 radical (unpaired) electrons. The second-order valence-electron chi connectivity index (χ2n) is 3.29. The number of aliphatic hydroxyl groups excluding tert-OH is 1. The van der Waals surface area contributed by atoms with Gasteiger partial charge in [-0.15, -0.1) is 0 Å². The quantitative estimate of drug-likeness (QED) is 0.782. The van der Waals surface area contributed by atoms with Crippen molar-refractivity contribution < 1.29 is 5.11 Å². The molecule has 1 heterocycles. The Morgan fingerprint density at radius 3 is 2.86 bits per heavy atom. The fourth-order valence-electron chi connectivity index (χ4n) is 1.66. The number of halogens is 1. The number of benzene rings is 1. The molecule has 0 spiro atoms. The van der Waals surface area contributed by atoms with Crippen molar-refractivity contribution in [2.45, 2.75) is 13.5 Å². The summed E-state index contributed by atoms with van der Waals surface area (Å²) in [5, 5.41) is 9.79. The van der Waals surface area contributed by atoms with Crippen LogP contribution in [0, 0.1) is 6.92 Å². The highest BCUT2D eigenvalue weighted by molar-refractivity contribution is 6.32.